The predicted molar refractivity (Wildman–Crippen MR) is 114 cm³/mol. The number of hydrogen-bond acceptors (Lipinski definition) is 8. The van der Waals surface area contributed by atoms with Crippen LogP contribution in [0.3, 0.4) is 0 Å². The summed E-state index contributed by atoms with van der Waals surface area (Å²) < 4.78 is 6.50. The molecule has 0 bridgehead atoms. The number of carbonyl (C=O) groups is 1. The summed E-state index contributed by atoms with van der Waals surface area (Å²) in [5.41, 5.74) is 1.32. The second kappa shape index (κ2) is 10.7. The standard InChI is InChI=1S/C21H23N7O3/c1-4-5-13-30-21(29)23-18-12-11-15(2)17(22-18)14-31-25-19(16-9-7-6-8-10-16)20-24-26-27-28(20)3/h1,6-12,15,17H,5,13-14H2,2-3H3,(H,22,23,29)/b25-19-. The molecule has 1 aliphatic heterocycles. The van der Waals surface area contributed by atoms with Gasteiger partial charge in [-0.1, -0.05) is 48.5 Å². The number of tetrazole rings is 1. The third kappa shape index (κ3) is 5.99. The predicted octanol–water partition coefficient (Wildman–Crippen LogP) is 1.70. The van der Waals surface area contributed by atoms with Crippen molar-refractivity contribution in [3.63, 3.8) is 0 Å². The van der Waals surface area contributed by atoms with E-state index in [0.29, 0.717) is 23.8 Å². The van der Waals surface area contributed by atoms with Gasteiger partial charge in [0, 0.05) is 24.9 Å². The number of nitrogens with one attached hydrogen (secondary N) is 1. The molecule has 31 heavy (non-hydrogen) atoms. The number of carbonyl (C=O) groups excluding carboxylic acids is 1. The fourth-order valence-corrected chi connectivity index (χ4v) is 2.74. The zero-order valence-corrected chi connectivity index (χ0v) is 17.3. The van der Waals surface area contributed by atoms with E-state index < -0.39 is 6.09 Å². The maximum absolute atomic E-state index is 11.8. The van der Waals surface area contributed by atoms with E-state index in [0.717, 1.165) is 5.56 Å². The molecule has 0 fully saturated rings. The second-order valence-corrected chi connectivity index (χ2v) is 6.74. The number of amidine groups is 1. The molecular weight excluding hydrogens is 398 g/mol. The van der Waals surface area contributed by atoms with Crippen LogP contribution in [-0.2, 0) is 16.6 Å². The molecule has 2 unspecified atom stereocenters. The topological polar surface area (TPSA) is 116 Å². The van der Waals surface area contributed by atoms with Gasteiger partial charge in [0.15, 0.2) is 5.71 Å². The lowest BCUT2D eigenvalue weighted by Gasteiger charge is -2.21. The Morgan fingerprint density at radius 1 is 1.35 bits per heavy atom. The van der Waals surface area contributed by atoms with Gasteiger partial charge in [-0.05, 0) is 16.5 Å². The van der Waals surface area contributed by atoms with Crippen molar-refractivity contribution in [2.45, 2.75) is 19.4 Å². The Labute approximate surface area is 180 Å². The minimum atomic E-state index is -0.605. The van der Waals surface area contributed by atoms with E-state index in [4.69, 9.17) is 16.0 Å². The van der Waals surface area contributed by atoms with Crippen LogP contribution in [0.4, 0.5) is 4.79 Å². The molecule has 10 nitrogen and oxygen atoms in total. The summed E-state index contributed by atoms with van der Waals surface area (Å²) in [6, 6.07) is 9.25. The molecule has 0 spiro atoms. The number of terminal acetylenes is 1. The van der Waals surface area contributed by atoms with Crippen molar-refractivity contribution in [3.8, 4) is 12.3 Å². The van der Waals surface area contributed by atoms with Gasteiger partial charge in [0.25, 0.3) is 0 Å². The van der Waals surface area contributed by atoms with Crippen LogP contribution >= 0.6 is 0 Å². The molecule has 1 amide bonds. The second-order valence-electron chi connectivity index (χ2n) is 6.74. The number of benzene rings is 1. The van der Waals surface area contributed by atoms with Crippen LogP contribution in [0.2, 0.25) is 0 Å². The first-order valence-corrected chi connectivity index (χ1v) is 9.70. The molecule has 2 heterocycles. The van der Waals surface area contributed by atoms with Crippen molar-refractivity contribution in [1.82, 2.24) is 25.5 Å². The minimum Gasteiger partial charge on any atom is -0.448 e. The van der Waals surface area contributed by atoms with E-state index in [-0.39, 0.29) is 25.2 Å². The average Bonchev–Trinajstić information content (AvgIpc) is 3.19. The SMILES string of the molecule is C#CCCOC(=O)NC1=NC(CO/N=C(/c2ccccc2)c2nnnn2C)C(C)C=C1. The number of aliphatic imine (C=N–C) groups is 1. The van der Waals surface area contributed by atoms with Gasteiger partial charge in [0.05, 0.1) is 6.04 Å². The first-order chi connectivity index (χ1) is 15.1. The lowest BCUT2D eigenvalue weighted by molar-refractivity contribution is 0.121. The highest BCUT2D eigenvalue weighted by molar-refractivity contribution is 6.10. The Kier molecular flexibility index (Phi) is 7.48. The van der Waals surface area contributed by atoms with Crippen LogP contribution in [-0.4, -0.2) is 57.1 Å². The molecule has 0 saturated heterocycles. The Hall–Kier alpha value is -4.00. The van der Waals surface area contributed by atoms with Gasteiger partial charge in [-0.3, -0.25) is 10.3 Å². The van der Waals surface area contributed by atoms with E-state index in [2.05, 4.69) is 36.9 Å². The van der Waals surface area contributed by atoms with E-state index in [9.17, 15) is 4.79 Å². The van der Waals surface area contributed by atoms with Crippen LogP contribution in [0.15, 0.2) is 52.6 Å². The number of aromatic nitrogens is 4. The average molecular weight is 421 g/mol. The number of oxime groups is 1. The van der Waals surface area contributed by atoms with E-state index in [1.54, 1.807) is 13.1 Å². The van der Waals surface area contributed by atoms with Crippen molar-refractivity contribution < 1.29 is 14.4 Å². The van der Waals surface area contributed by atoms with E-state index in [1.807, 2.05) is 43.3 Å². The van der Waals surface area contributed by atoms with Gasteiger partial charge in [0.1, 0.15) is 19.0 Å². The number of rotatable bonds is 7. The molecule has 3 rings (SSSR count). The fourth-order valence-electron chi connectivity index (χ4n) is 2.74. The van der Waals surface area contributed by atoms with Crippen molar-refractivity contribution in [2.75, 3.05) is 13.2 Å². The van der Waals surface area contributed by atoms with Gasteiger partial charge in [0.2, 0.25) is 5.82 Å². The van der Waals surface area contributed by atoms with E-state index in [1.165, 1.54) is 4.68 Å². The zero-order chi connectivity index (χ0) is 22.1. The summed E-state index contributed by atoms with van der Waals surface area (Å²) in [6.45, 7) is 2.35. The van der Waals surface area contributed by atoms with Crippen molar-refractivity contribution in [1.29, 1.82) is 0 Å². The number of amides is 1. The van der Waals surface area contributed by atoms with Crippen LogP contribution in [0.1, 0.15) is 24.7 Å². The first-order valence-electron chi connectivity index (χ1n) is 9.70. The number of nitrogens with zero attached hydrogens (tertiary/aromatic N) is 6. The number of aryl methyl sites for hydroxylation is 1. The van der Waals surface area contributed by atoms with Gasteiger partial charge in [-0.25, -0.2) is 9.48 Å². The Morgan fingerprint density at radius 3 is 2.87 bits per heavy atom. The monoisotopic (exact) mass is 421 g/mol. The number of hydrogen-bond donors (Lipinski definition) is 1. The molecule has 10 heteroatoms. The lowest BCUT2D eigenvalue weighted by atomic mass is 10.0. The van der Waals surface area contributed by atoms with E-state index >= 15 is 0 Å². The first kappa shape index (κ1) is 21.7. The molecule has 0 saturated carbocycles. The Balaban J connectivity index is 1.67. The summed E-state index contributed by atoms with van der Waals surface area (Å²) in [5.74, 6) is 3.36. The van der Waals surface area contributed by atoms with Gasteiger partial charge in [-0.2, -0.15) is 0 Å². The fraction of sp³-hybridized carbons (Fsp3) is 0.333. The Morgan fingerprint density at radius 2 is 2.16 bits per heavy atom. The molecule has 1 aromatic heterocycles. The smallest absolute Gasteiger partial charge is 0.412 e. The molecule has 2 aromatic rings. The molecule has 1 N–H and O–H groups in total. The minimum absolute atomic E-state index is 0.0925. The molecular formula is C21H23N7O3. The third-order valence-corrected chi connectivity index (χ3v) is 4.46. The molecule has 0 radical (unpaired) electrons. The highest BCUT2D eigenvalue weighted by Gasteiger charge is 2.21. The quantitative estimate of drug-likeness (QED) is 0.315. The molecule has 2 atom stereocenters. The normalized spacial score (nSPS) is 18.1. The molecule has 0 aliphatic carbocycles. The molecule has 1 aliphatic rings. The summed E-state index contributed by atoms with van der Waals surface area (Å²) in [4.78, 5) is 22.0. The number of ether oxygens (including phenoxy) is 1. The summed E-state index contributed by atoms with van der Waals surface area (Å²) >= 11 is 0. The number of dihydropyridines is 1. The molecule has 160 valence electrons. The van der Waals surface area contributed by atoms with Gasteiger partial charge >= 0.3 is 6.09 Å². The lowest BCUT2D eigenvalue weighted by Crippen LogP contribution is -2.35. The number of alkyl carbamates (subject to hydrolysis) is 1. The maximum atomic E-state index is 11.8. The van der Waals surface area contributed by atoms with Crippen LogP contribution < -0.4 is 5.32 Å². The zero-order valence-electron chi connectivity index (χ0n) is 17.3. The van der Waals surface area contributed by atoms with Gasteiger partial charge in [-0.15, -0.1) is 17.4 Å². The van der Waals surface area contributed by atoms with Gasteiger partial charge < -0.3 is 9.57 Å². The maximum Gasteiger partial charge on any atom is 0.412 e. The summed E-state index contributed by atoms with van der Waals surface area (Å²) in [7, 11) is 1.73. The van der Waals surface area contributed by atoms with Crippen molar-refractivity contribution in [2.24, 2.45) is 23.1 Å². The van der Waals surface area contributed by atoms with Crippen molar-refractivity contribution >= 4 is 17.6 Å². The van der Waals surface area contributed by atoms with Crippen LogP contribution in [0.25, 0.3) is 0 Å². The summed E-state index contributed by atoms with van der Waals surface area (Å²) in [6.07, 6.45) is 8.56. The highest BCUT2D eigenvalue weighted by atomic mass is 16.6. The molecule has 1 aromatic carbocycles. The highest BCUT2D eigenvalue weighted by Crippen LogP contribution is 2.15. The van der Waals surface area contributed by atoms with Crippen LogP contribution in [0.5, 0.6) is 0 Å². The summed E-state index contributed by atoms with van der Waals surface area (Å²) in [5, 5.41) is 18.5. The third-order valence-electron chi connectivity index (χ3n) is 4.46. The van der Waals surface area contributed by atoms with Crippen molar-refractivity contribution in [3.05, 3.63) is 53.9 Å². The Bertz CT molecular complexity index is 1020. The van der Waals surface area contributed by atoms with Crippen LogP contribution in [0, 0.1) is 18.3 Å². The largest absolute Gasteiger partial charge is 0.448 e.